The van der Waals surface area contributed by atoms with Gasteiger partial charge in [-0.25, -0.2) is 0 Å². The van der Waals surface area contributed by atoms with Crippen molar-refractivity contribution in [2.45, 2.75) is 0 Å². The van der Waals surface area contributed by atoms with E-state index in [1.165, 1.54) is 82.2 Å². The summed E-state index contributed by atoms with van der Waals surface area (Å²) in [5.74, 6) is 0. The van der Waals surface area contributed by atoms with Crippen LogP contribution >= 0.6 is 0 Å². The largest absolute Gasteiger partial charge is 0.309 e. The van der Waals surface area contributed by atoms with Gasteiger partial charge in [-0.3, -0.25) is 0 Å². The first kappa shape index (κ1) is 30.8. The van der Waals surface area contributed by atoms with Crippen LogP contribution in [0.1, 0.15) is 0 Å². The molecular weight excluding hydrogens is 639 g/mol. The number of anilines is 3. The van der Waals surface area contributed by atoms with Gasteiger partial charge in [0.1, 0.15) is 0 Å². The fraction of sp³-hybridized carbons (Fsp3) is 0. The maximum atomic E-state index is 2.50. The van der Waals surface area contributed by atoms with Crippen molar-refractivity contribution < 1.29 is 0 Å². The zero-order valence-corrected chi connectivity index (χ0v) is 29.2. The van der Waals surface area contributed by atoms with E-state index in [4.69, 9.17) is 0 Å². The van der Waals surface area contributed by atoms with Crippen molar-refractivity contribution in [3.8, 4) is 33.4 Å². The van der Waals surface area contributed by atoms with Crippen molar-refractivity contribution in [1.29, 1.82) is 0 Å². The lowest BCUT2D eigenvalue weighted by molar-refractivity contribution is 1.30. The fourth-order valence-electron chi connectivity index (χ4n) is 8.36. The summed E-state index contributed by atoms with van der Waals surface area (Å²) in [4.78, 5) is 2.45. The van der Waals surface area contributed by atoms with Crippen LogP contribution in [0.3, 0.4) is 0 Å². The summed E-state index contributed by atoms with van der Waals surface area (Å²) in [7, 11) is 0. The molecule has 1 nitrogen and oxygen atoms in total. The molecule has 0 spiro atoms. The molecule has 10 rings (SSSR count). The van der Waals surface area contributed by atoms with E-state index in [2.05, 4.69) is 217 Å². The molecule has 0 amide bonds. The molecule has 0 aliphatic heterocycles. The third kappa shape index (κ3) is 5.17. The Morgan fingerprint density at radius 3 is 1.00 bits per heavy atom. The summed E-state index contributed by atoms with van der Waals surface area (Å²) in [5, 5.41) is 9.89. The first-order valence-corrected chi connectivity index (χ1v) is 18.3. The van der Waals surface area contributed by atoms with Gasteiger partial charge in [-0.05, 0) is 102 Å². The zero-order chi connectivity index (χ0) is 35.1. The van der Waals surface area contributed by atoms with Crippen LogP contribution in [0.15, 0.2) is 212 Å². The van der Waals surface area contributed by atoms with Crippen LogP contribution in [0.4, 0.5) is 17.1 Å². The van der Waals surface area contributed by atoms with Crippen molar-refractivity contribution in [2.75, 3.05) is 4.90 Å². The van der Waals surface area contributed by atoms with Crippen LogP contribution in [0, 0.1) is 0 Å². The molecule has 0 atom stereocenters. The Hall–Kier alpha value is -6.96. The maximum Gasteiger partial charge on any atom is 0.0624 e. The summed E-state index contributed by atoms with van der Waals surface area (Å²) in [6.07, 6.45) is 0. The Morgan fingerprint density at radius 2 is 0.547 bits per heavy atom. The van der Waals surface area contributed by atoms with E-state index in [1.54, 1.807) is 0 Å². The number of rotatable bonds is 6. The van der Waals surface area contributed by atoms with Crippen LogP contribution in [0.25, 0.3) is 76.5 Å². The lowest BCUT2D eigenvalue weighted by Gasteiger charge is -2.31. The van der Waals surface area contributed by atoms with Gasteiger partial charge in [0.15, 0.2) is 0 Å². The lowest BCUT2D eigenvalue weighted by Crippen LogP contribution is -2.12. The van der Waals surface area contributed by atoms with Crippen LogP contribution < -0.4 is 4.90 Å². The minimum atomic E-state index is 1.11. The van der Waals surface area contributed by atoms with Gasteiger partial charge in [0.25, 0.3) is 0 Å². The van der Waals surface area contributed by atoms with Crippen LogP contribution in [0.2, 0.25) is 0 Å². The number of benzene rings is 10. The van der Waals surface area contributed by atoms with Crippen LogP contribution in [-0.2, 0) is 0 Å². The molecule has 0 saturated heterocycles. The number of nitrogens with zero attached hydrogens (tertiary/aromatic N) is 1. The minimum absolute atomic E-state index is 1.11. The molecule has 0 fully saturated rings. The van der Waals surface area contributed by atoms with Gasteiger partial charge in [-0.1, -0.05) is 176 Å². The third-order valence-corrected chi connectivity index (χ3v) is 10.6. The first-order valence-electron chi connectivity index (χ1n) is 18.3. The molecule has 0 radical (unpaired) electrons. The van der Waals surface area contributed by atoms with Gasteiger partial charge in [-0.15, -0.1) is 0 Å². The Bertz CT molecular complexity index is 2860. The van der Waals surface area contributed by atoms with Crippen molar-refractivity contribution in [1.82, 2.24) is 0 Å². The van der Waals surface area contributed by atoms with Gasteiger partial charge in [0.05, 0.1) is 5.69 Å². The van der Waals surface area contributed by atoms with E-state index in [9.17, 15) is 0 Å². The number of fused-ring (bicyclic) bond motifs is 5. The molecule has 0 aromatic heterocycles. The average molecular weight is 674 g/mol. The van der Waals surface area contributed by atoms with Crippen LogP contribution in [0.5, 0.6) is 0 Å². The van der Waals surface area contributed by atoms with Crippen molar-refractivity contribution >= 4 is 60.2 Å². The highest BCUT2D eigenvalue weighted by molar-refractivity contribution is 6.29. The highest BCUT2D eigenvalue weighted by atomic mass is 15.1. The summed E-state index contributed by atoms with van der Waals surface area (Å²) in [6, 6.07) is 77.2. The summed E-state index contributed by atoms with van der Waals surface area (Å²) < 4.78 is 0. The van der Waals surface area contributed by atoms with Gasteiger partial charge >= 0.3 is 0 Å². The number of hydrogen-bond acceptors (Lipinski definition) is 1. The van der Waals surface area contributed by atoms with Crippen molar-refractivity contribution in [2.24, 2.45) is 0 Å². The van der Waals surface area contributed by atoms with Gasteiger partial charge in [0.2, 0.25) is 0 Å². The SMILES string of the molecule is c1ccc(-c2c3ccccc3c(-c3ccccc3)c3cc4c(cc23)c(-c2ccccc2)c(N(c2ccccc2)c2ccccc2)c2ccccc24)cc1. The van der Waals surface area contributed by atoms with E-state index in [-0.39, 0.29) is 0 Å². The normalized spacial score (nSPS) is 11.4. The Kier molecular flexibility index (Phi) is 7.55. The predicted octanol–water partition coefficient (Wildman–Crippen LogP) is 14.8. The third-order valence-electron chi connectivity index (χ3n) is 10.6. The summed E-state index contributed by atoms with van der Waals surface area (Å²) >= 11 is 0. The average Bonchev–Trinajstić information content (AvgIpc) is 3.24. The van der Waals surface area contributed by atoms with E-state index in [0.29, 0.717) is 0 Å². The topological polar surface area (TPSA) is 3.24 Å². The molecular formula is C52H35N. The Morgan fingerprint density at radius 1 is 0.226 bits per heavy atom. The number of hydrogen-bond donors (Lipinski definition) is 0. The Labute approximate surface area is 309 Å². The molecule has 0 saturated carbocycles. The molecule has 53 heavy (non-hydrogen) atoms. The second kappa shape index (κ2) is 13.0. The highest BCUT2D eigenvalue weighted by Gasteiger charge is 2.25. The van der Waals surface area contributed by atoms with Gasteiger partial charge in [0, 0.05) is 22.3 Å². The second-order valence-corrected chi connectivity index (χ2v) is 13.6. The standard InChI is InChI=1S/C52H35N/c1-6-20-36(21-7-1)49-42-31-17-18-32-43(42)50(37-22-8-2-9-23-37)48-35-46-45(34-47(48)49)41-30-16-19-33-44(41)52(51(46)38-24-10-3-11-25-38)53(39-26-12-4-13-27-39)40-28-14-5-15-29-40/h1-35H. The molecule has 10 aromatic carbocycles. The molecule has 0 aliphatic rings. The molecule has 0 unspecified atom stereocenters. The number of para-hydroxylation sites is 2. The van der Waals surface area contributed by atoms with E-state index < -0.39 is 0 Å². The lowest BCUT2D eigenvalue weighted by atomic mass is 9.82. The molecule has 1 heteroatoms. The molecule has 0 N–H and O–H groups in total. The van der Waals surface area contributed by atoms with Gasteiger partial charge < -0.3 is 4.90 Å². The second-order valence-electron chi connectivity index (χ2n) is 13.6. The van der Waals surface area contributed by atoms with E-state index in [1.807, 2.05) is 0 Å². The Balaban J connectivity index is 1.46. The monoisotopic (exact) mass is 673 g/mol. The first-order chi connectivity index (χ1) is 26.3. The fourth-order valence-corrected chi connectivity index (χ4v) is 8.36. The summed E-state index contributed by atoms with van der Waals surface area (Å²) in [5.41, 5.74) is 10.7. The van der Waals surface area contributed by atoms with Crippen molar-refractivity contribution in [3.63, 3.8) is 0 Å². The zero-order valence-electron chi connectivity index (χ0n) is 29.2. The summed E-state index contributed by atoms with van der Waals surface area (Å²) in [6.45, 7) is 0. The smallest absolute Gasteiger partial charge is 0.0624 e. The minimum Gasteiger partial charge on any atom is -0.309 e. The van der Waals surface area contributed by atoms with E-state index >= 15 is 0 Å². The molecule has 0 bridgehead atoms. The molecule has 0 heterocycles. The van der Waals surface area contributed by atoms with Crippen molar-refractivity contribution in [3.05, 3.63) is 212 Å². The van der Waals surface area contributed by atoms with E-state index in [0.717, 1.165) is 11.4 Å². The molecule has 10 aromatic rings. The molecule has 248 valence electrons. The quantitative estimate of drug-likeness (QED) is 0.125. The van der Waals surface area contributed by atoms with Gasteiger partial charge in [-0.2, -0.15) is 0 Å². The maximum absolute atomic E-state index is 2.50. The predicted molar refractivity (Wildman–Crippen MR) is 227 cm³/mol. The molecule has 0 aliphatic carbocycles. The highest BCUT2D eigenvalue weighted by Crippen LogP contribution is 2.52. The van der Waals surface area contributed by atoms with Crippen LogP contribution in [-0.4, -0.2) is 0 Å².